The van der Waals surface area contributed by atoms with Gasteiger partial charge in [-0.15, -0.1) is 0 Å². The maximum atomic E-state index is 12.3. The normalized spacial score (nSPS) is 11.8. The van der Waals surface area contributed by atoms with Crippen LogP contribution in [-0.2, 0) is 16.6 Å². The number of nitrogens with one attached hydrogen (secondary N) is 2. The summed E-state index contributed by atoms with van der Waals surface area (Å²) in [5, 5.41) is 3.70. The zero-order valence-corrected chi connectivity index (χ0v) is 14.7. The minimum Gasteiger partial charge on any atom is -0.313 e. The molecule has 0 aliphatic heterocycles. The zero-order chi connectivity index (χ0) is 15.9. The molecule has 0 fully saturated rings. The predicted octanol–water partition coefficient (Wildman–Crippen LogP) is 3.57. The summed E-state index contributed by atoms with van der Waals surface area (Å²) in [4.78, 5) is 0.0427. The average molecular weight is 353 g/mol. The summed E-state index contributed by atoms with van der Waals surface area (Å²) in [5.74, 6) is 0. The molecule has 0 heterocycles. The molecule has 120 valence electrons. The molecule has 4 nitrogen and oxygen atoms in total. The molecule has 0 spiro atoms. The molecule has 0 radical (unpaired) electrons. The molecule has 21 heavy (non-hydrogen) atoms. The Morgan fingerprint density at radius 3 is 2.48 bits per heavy atom. The van der Waals surface area contributed by atoms with E-state index < -0.39 is 10.0 Å². The summed E-state index contributed by atoms with van der Waals surface area (Å²) in [6, 6.07) is 3.07. The lowest BCUT2D eigenvalue weighted by atomic mass is 10.2. The van der Waals surface area contributed by atoms with Gasteiger partial charge in [0.2, 0.25) is 10.0 Å². The third-order valence-electron chi connectivity index (χ3n) is 3.01. The van der Waals surface area contributed by atoms with Crippen molar-refractivity contribution in [2.45, 2.75) is 44.6 Å². The van der Waals surface area contributed by atoms with Crippen molar-refractivity contribution in [2.75, 3.05) is 13.1 Å². The van der Waals surface area contributed by atoms with Gasteiger partial charge < -0.3 is 5.32 Å². The third-order valence-corrected chi connectivity index (χ3v) is 5.27. The van der Waals surface area contributed by atoms with Gasteiger partial charge in [-0.25, -0.2) is 13.1 Å². The van der Waals surface area contributed by atoms with Gasteiger partial charge >= 0.3 is 0 Å². The summed E-state index contributed by atoms with van der Waals surface area (Å²) in [6.45, 7) is 5.68. The van der Waals surface area contributed by atoms with Crippen molar-refractivity contribution in [3.8, 4) is 0 Å². The number of benzene rings is 1. The minimum absolute atomic E-state index is 0.0427. The first kappa shape index (κ1) is 18.7. The molecule has 1 aromatic carbocycles. The van der Waals surface area contributed by atoms with Crippen molar-refractivity contribution in [1.29, 1.82) is 0 Å². The van der Waals surface area contributed by atoms with E-state index in [4.69, 9.17) is 23.2 Å². The molecule has 0 unspecified atom stereocenters. The van der Waals surface area contributed by atoms with Crippen LogP contribution in [-0.4, -0.2) is 21.5 Å². The van der Waals surface area contributed by atoms with Crippen molar-refractivity contribution >= 4 is 33.2 Å². The molecule has 1 aromatic rings. The topological polar surface area (TPSA) is 58.2 Å². The molecule has 0 aliphatic rings. The smallest absolute Gasteiger partial charge is 0.242 e. The highest BCUT2D eigenvalue weighted by Crippen LogP contribution is 2.29. The van der Waals surface area contributed by atoms with Gasteiger partial charge in [-0.1, -0.05) is 49.9 Å². The van der Waals surface area contributed by atoms with Gasteiger partial charge in [-0.05, 0) is 30.7 Å². The van der Waals surface area contributed by atoms with E-state index in [-0.39, 0.29) is 9.92 Å². The van der Waals surface area contributed by atoms with E-state index in [0.29, 0.717) is 23.7 Å². The van der Waals surface area contributed by atoms with Gasteiger partial charge in [0.05, 0.1) is 5.02 Å². The highest BCUT2D eigenvalue weighted by Gasteiger charge is 2.20. The number of halogens is 2. The van der Waals surface area contributed by atoms with Gasteiger partial charge in [0, 0.05) is 18.1 Å². The van der Waals surface area contributed by atoms with Gasteiger partial charge in [-0.3, -0.25) is 0 Å². The monoisotopic (exact) mass is 352 g/mol. The molecule has 0 bridgehead atoms. The minimum atomic E-state index is -3.64. The van der Waals surface area contributed by atoms with Gasteiger partial charge in [0.25, 0.3) is 0 Å². The Kier molecular flexibility index (Phi) is 7.98. The molecule has 2 N–H and O–H groups in total. The van der Waals surface area contributed by atoms with Crippen LogP contribution in [0.15, 0.2) is 17.0 Å². The summed E-state index contributed by atoms with van der Waals surface area (Å²) in [7, 11) is -3.64. The fourth-order valence-electron chi connectivity index (χ4n) is 1.86. The highest BCUT2D eigenvalue weighted by atomic mass is 35.5. The third kappa shape index (κ3) is 5.75. The molecule has 0 amide bonds. The summed E-state index contributed by atoms with van der Waals surface area (Å²) in [5.41, 5.74) is 0.681. The molecule has 0 aromatic heterocycles. The first-order valence-corrected chi connectivity index (χ1v) is 9.34. The first-order chi connectivity index (χ1) is 9.92. The SMILES string of the molecule is CCCCCNS(=O)(=O)c1cc(Cl)cc(CNCC)c1Cl. The second kappa shape index (κ2) is 8.96. The fourth-order valence-corrected chi connectivity index (χ4v) is 3.87. The lowest BCUT2D eigenvalue weighted by Crippen LogP contribution is -2.25. The lowest BCUT2D eigenvalue weighted by Gasteiger charge is -2.12. The van der Waals surface area contributed by atoms with Crippen LogP contribution in [0, 0.1) is 0 Å². The van der Waals surface area contributed by atoms with Gasteiger partial charge in [0.1, 0.15) is 4.90 Å². The van der Waals surface area contributed by atoms with E-state index in [9.17, 15) is 8.42 Å². The van der Waals surface area contributed by atoms with Crippen LogP contribution in [0.25, 0.3) is 0 Å². The van der Waals surface area contributed by atoms with Crippen LogP contribution in [0.5, 0.6) is 0 Å². The Bertz CT molecular complexity index is 562. The second-order valence-corrected chi connectivity index (χ2v) is 7.31. The summed E-state index contributed by atoms with van der Waals surface area (Å²) in [6.07, 6.45) is 2.82. The van der Waals surface area contributed by atoms with E-state index in [2.05, 4.69) is 17.0 Å². The standard InChI is InChI=1S/C14H22Cl2N2O2S/c1-3-5-6-7-18-21(19,20)13-9-12(15)8-11(14(13)16)10-17-4-2/h8-9,17-18H,3-7,10H2,1-2H3. The van der Waals surface area contributed by atoms with E-state index in [1.165, 1.54) is 6.07 Å². The van der Waals surface area contributed by atoms with Gasteiger partial charge in [0.15, 0.2) is 0 Å². The molecule has 0 saturated heterocycles. The summed E-state index contributed by atoms with van der Waals surface area (Å²) >= 11 is 12.2. The number of sulfonamides is 1. The number of unbranched alkanes of at least 4 members (excludes halogenated alkanes) is 2. The average Bonchev–Trinajstić information content (AvgIpc) is 2.44. The second-order valence-electron chi connectivity index (χ2n) is 4.76. The van der Waals surface area contributed by atoms with Crippen LogP contribution >= 0.6 is 23.2 Å². The van der Waals surface area contributed by atoms with E-state index >= 15 is 0 Å². The van der Waals surface area contributed by atoms with Crippen molar-refractivity contribution in [3.05, 3.63) is 27.7 Å². The van der Waals surface area contributed by atoms with E-state index in [1.807, 2.05) is 6.92 Å². The van der Waals surface area contributed by atoms with Crippen LogP contribution in [0.4, 0.5) is 0 Å². The Morgan fingerprint density at radius 2 is 1.86 bits per heavy atom. The van der Waals surface area contributed by atoms with Crippen LogP contribution < -0.4 is 10.0 Å². The van der Waals surface area contributed by atoms with E-state index in [1.54, 1.807) is 6.07 Å². The molecule has 0 atom stereocenters. The Labute approximate surface area is 137 Å². The highest BCUT2D eigenvalue weighted by molar-refractivity contribution is 7.89. The molecular formula is C14H22Cl2N2O2S. The number of hydrogen-bond donors (Lipinski definition) is 2. The summed E-state index contributed by atoms with van der Waals surface area (Å²) < 4.78 is 27.2. The van der Waals surface area contributed by atoms with Gasteiger partial charge in [-0.2, -0.15) is 0 Å². The first-order valence-electron chi connectivity index (χ1n) is 7.10. The maximum absolute atomic E-state index is 12.3. The zero-order valence-electron chi connectivity index (χ0n) is 12.4. The van der Waals surface area contributed by atoms with Crippen molar-refractivity contribution in [2.24, 2.45) is 0 Å². The lowest BCUT2D eigenvalue weighted by molar-refractivity contribution is 0.576. The molecule has 0 saturated carbocycles. The number of rotatable bonds is 9. The molecule has 1 rings (SSSR count). The Hall–Kier alpha value is -0.330. The largest absolute Gasteiger partial charge is 0.313 e. The quantitative estimate of drug-likeness (QED) is 0.668. The molecule has 7 heteroatoms. The molecular weight excluding hydrogens is 331 g/mol. The van der Waals surface area contributed by atoms with Crippen molar-refractivity contribution < 1.29 is 8.42 Å². The number of hydrogen-bond acceptors (Lipinski definition) is 3. The van der Waals surface area contributed by atoms with Crippen LogP contribution in [0.3, 0.4) is 0 Å². The van der Waals surface area contributed by atoms with Crippen molar-refractivity contribution in [1.82, 2.24) is 10.0 Å². The van der Waals surface area contributed by atoms with Crippen LogP contribution in [0.2, 0.25) is 10.0 Å². The predicted molar refractivity (Wildman–Crippen MR) is 88.6 cm³/mol. The van der Waals surface area contributed by atoms with E-state index in [0.717, 1.165) is 25.8 Å². The molecule has 0 aliphatic carbocycles. The Morgan fingerprint density at radius 1 is 1.14 bits per heavy atom. The Balaban J connectivity index is 2.97. The van der Waals surface area contributed by atoms with Crippen molar-refractivity contribution in [3.63, 3.8) is 0 Å². The maximum Gasteiger partial charge on any atom is 0.242 e. The fraction of sp³-hybridized carbons (Fsp3) is 0.571. The van der Waals surface area contributed by atoms with Crippen LogP contribution in [0.1, 0.15) is 38.7 Å².